The van der Waals surface area contributed by atoms with Crippen molar-refractivity contribution in [3.05, 3.63) is 35.7 Å². The molecule has 2 heterocycles. The van der Waals surface area contributed by atoms with Gasteiger partial charge < -0.3 is 14.4 Å². The Morgan fingerprint density at radius 2 is 2.17 bits per heavy atom. The number of aromatic nitrogens is 3. The Labute approximate surface area is 107 Å². The number of imidazole rings is 1. The smallest absolute Gasteiger partial charge is 0.133 e. The highest BCUT2D eigenvalue weighted by Gasteiger charge is 2.11. The molecule has 0 aliphatic rings. The molecule has 2 rings (SSSR count). The maximum absolute atomic E-state index is 5.07. The van der Waals surface area contributed by atoms with E-state index in [1.54, 1.807) is 0 Å². The van der Waals surface area contributed by atoms with E-state index >= 15 is 0 Å². The summed E-state index contributed by atoms with van der Waals surface area (Å²) < 4.78 is 7.15. The van der Waals surface area contributed by atoms with E-state index in [0.717, 1.165) is 23.7 Å². The summed E-state index contributed by atoms with van der Waals surface area (Å²) in [5, 5.41) is 7.45. The minimum atomic E-state index is 0.0968. The zero-order chi connectivity index (χ0) is 13.2. The van der Waals surface area contributed by atoms with Crippen LogP contribution in [0, 0.1) is 6.92 Å². The predicted octanol–water partition coefficient (Wildman–Crippen LogP) is 2.12. The number of aryl methyl sites for hydroxylation is 1. The Hall–Kier alpha value is -1.62. The average Bonchev–Trinajstić information content (AvgIpc) is 2.85. The zero-order valence-electron chi connectivity index (χ0n) is 11.4. The van der Waals surface area contributed by atoms with E-state index in [0.29, 0.717) is 6.54 Å². The van der Waals surface area contributed by atoms with E-state index in [4.69, 9.17) is 4.52 Å². The van der Waals surface area contributed by atoms with Crippen LogP contribution in [-0.4, -0.2) is 20.2 Å². The second-order valence-electron chi connectivity index (χ2n) is 5.55. The monoisotopic (exact) mass is 248 g/mol. The quantitative estimate of drug-likeness (QED) is 0.900. The molecular weight excluding hydrogens is 228 g/mol. The highest BCUT2D eigenvalue weighted by molar-refractivity contribution is 5.07. The molecular formula is C13H20N4O. The molecule has 0 aliphatic carbocycles. The van der Waals surface area contributed by atoms with Crippen molar-refractivity contribution in [2.45, 2.75) is 46.3 Å². The molecule has 0 amide bonds. The number of hydrogen-bond donors (Lipinski definition) is 1. The topological polar surface area (TPSA) is 55.9 Å². The molecule has 1 N–H and O–H groups in total. The van der Waals surface area contributed by atoms with Gasteiger partial charge in [0.05, 0.1) is 18.6 Å². The van der Waals surface area contributed by atoms with E-state index < -0.39 is 0 Å². The number of hydrogen-bond acceptors (Lipinski definition) is 4. The second-order valence-corrected chi connectivity index (χ2v) is 5.55. The molecule has 0 saturated heterocycles. The zero-order valence-corrected chi connectivity index (χ0v) is 11.4. The van der Waals surface area contributed by atoms with Crippen molar-refractivity contribution in [2.75, 3.05) is 0 Å². The van der Waals surface area contributed by atoms with Crippen molar-refractivity contribution in [1.29, 1.82) is 0 Å². The fourth-order valence-electron chi connectivity index (χ4n) is 1.66. The van der Waals surface area contributed by atoms with Gasteiger partial charge in [0.1, 0.15) is 11.5 Å². The maximum Gasteiger partial charge on any atom is 0.133 e. The van der Waals surface area contributed by atoms with Crippen LogP contribution >= 0.6 is 0 Å². The van der Waals surface area contributed by atoms with Crippen molar-refractivity contribution in [1.82, 2.24) is 20.0 Å². The fraction of sp³-hybridized carbons (Fsp3) is 0.538. The van der Waals surface area contributed by atoms with E-state index in [1.807, 2.05) is 25.5 Å². The normalized spacial score (nSPS) is 12.0. The molecule has 2 aromatic rings. The highest BCUT2D eigenvalue weighted by atomic mass is 16.5. The predicted molar refractivity (Wildman–Crippen MR) is 69.2 cm³/mol. The van der Waals surface area contributed by atoms with Crippen LogP contribution in [0.2, 0.25) is 0 Å². The van der Waals surface area contributed by atoms with E-state index in [2.05, 4.69) is 40.8 Å². The van der Waals surface area contributed by atoms with Crippen LogP contribution in [0.5, 0.6) is 0 Å². The van der Waals surface area contributed by atoms with Gasteiger partial charge in [-0.05, 0) is 27.7 Å². The van der Waals surface area contributed by atoms with E-state index in [9.17, 15) is 0 Å². The molecule has 5 nitrogen and oxygen atoms in total. The Morgan fingerprint density at radius 1 is 1.39 bits per heavy atom. The van der Waals surface area contributed by atoms with Crippen molar-refractivity contribution >= 4 is 0 Å². The van der Waals surface area contributed by atoms with Gasteiger partial charge in [-0.15, -0.1) is 0 Å². The summed E-state index contributed by atoms with van der Waals surface area (Å²) in [7, 11) is 0. The molecule has 0 saturated carbocycles. The molecule has 0 atom stereocenters. The standard InChI is InChI=1S/C13H20N4O/c1-10-5-11(16-18-10)8-17-9-14-6-12(17)7-15-13(2,3)4/h5-6,9,15H,7-8H2,1-4H3. The number of rotatable bonds is 4. The van der Waals surface area contributed by atoms with Gasteiger partial charge in [-0.1, -0.05) is 5.16 Å². The van der Waals surface area contributed by atoms with Crippen molar-refractivity contribution < 1.29 is 4.52 Å². The van der Waals surface area contributed by atoms with Crippen LogP contribution in [0.25, 0.3) is 0 Å². The second kappa shape index (κ2) is 4.94. The third-order valence-electron chi connectivity index (χ3n) is 2.61. The number of nitrogens with one attached hydrogen (secondary N) is 1. The Morgan fingerprint density at radius 3 is 2.78 bits per heavy atom. The largest absolute Gasteiger partial charge is 0.361 e. The Kier molecular flexibility index (Phi) is 3.52. The van der Waals surface area contributed by atoms with Crippen molar-refractivity contribution in [2.24, 2.45) is 0 Å². The summed E-state index contributed by atoms with van der Waals surface area (Å²) in [5.41, 5.74) is 2.16. The van der Waals surface area contributed by atoms with Crippen LogP contribution < -0.4 is 5.32 Å². The van der Waals surface area contributed by atoms with Crippen LogP contribution in [-0.2, 0) is 13.1 Å². The van der Waals surface area contributed by atoms with Gasteiger partial charge in [0, 0.05) is 24.3 Å². The third-order valence-corrected chi connectivity index (χ3v) is 2.61. The SMILES string of the molecule is Cc1cc(Cn2cncc2CNC(C)(C)C)no1. The van der Waals surface area contributed by atoms with Gasteiger partial charge in [0.2, 0.25) is 0 Å². The molecule has 0 radical (unpaired) electrons. The highest BCUT2D eigenvalue weighted by Crippen LogP contribution is 2.08. The molecule has 2 aromatic heterocycles. The van der Waals surface area contributed by atoms with Gasteiger partial charge >= 0.3 is 0 Å². The summed E-state index contributed by atoms with van der Waals surface area (Å²) in [6.45, 7) is 9.82. The van der Waals surface area contributed by atoms with Gasteiger partial charge in [-0.3, -0.25) is 0 Å². The van der Waals surface area contributed by atoms with Gasteiger partial charge in [-0.25, -0.2) is 4.98 Å². The Bertz CT molecular complexity index is 507. The molecule has 98 valence electrons. The summed E-state index contributed by atoms with van der Waals surface area (Å²) >= 11 is 0. The van der Waals surface area contributed by atoms with Gasteiger partial charge in [0.25, 0.3) is 0 Å². The minimum absolute atomic E-state index is 0.0968. The number of nitrogens with zero attached hydrogens (tertiary/aromatic N) is 3. The minimum Gasteiger partial charge on any atom is -0.361 e. The van der Waals surface area contributed by atoms with Gasteiger partial charge in [0.15, 0.2) is 0 Å². The van der Waals surface area contributed by atoms with Crippen LogP contribution in [0.15, 0.2) is 23.1 Å². The van der Waals surface area contributed by atoms with E-state index in [-0.39, 0.29) is 5.54 Å². The van der Waals surface area contributed by atoms with E-state index in [1.165, 1.54) is 0 Å². The lowest BCUT2D eigenvalue weighted by atomic mass is 10.1. The lowest BCUT2D eigenvalue weighted by Gasteiger charge is -2.20. The Balaban J connectivity index is 2.03. The third kappa shape index (κ3) is 3.43. The summed E-state index contributed by atoms with van der Waals surface area (Å²) in [6.07, 6.45) is 3.70. The van der Waals surface area contributed by atoms with Gasteiger partial charge in [-0.2, -0.15) is 0 Å². The fourth-order valence-corrected chi connectivity index (χ4v) is 1.66. The summed E-state index contributed by atoms with van der Waals surface area (Å²) in [5.74, 6) is 0.833. The molecule has 0 bridgehead atoms. The van der Waals surface area contributed by atoms with Crippen molar-refractivity contribution in [3.63, 3.8) is 0 Å². The molecule has 18 heavy (non-hydrogen) atoms. The first-order valence-electron chi connectivity index (χ1n) is 6.10. The first-order valence-corrected chi connectivity index (χ1v) is 6.10. The van der Waals surface area contributed by atoms with Crippen molar-refractivity contribution in [3.8, 4) is 0 Å². The molecule has 0 fully saturated rings. The molecule has 5 heteroatoms. The molecule has 0 unspecified atom stereocenters. The average molecular weight is 248 g/mol. The lowest BCUT2D eigenvalue weighted by molar-refractivity contribution is 0.387. The summed E-state index contributed by atoms with van der Waals surface area (Å²) in [4.78, 5) is 4.19. The first-order chi connectivity index (χ1) is 8.44. The lowest BCUT2D eigenvalue weighted by Crippen LogP contribution is -2.35. The molecule has 0 spiro atoms. The maximum atomic E-state index is 5.07. The van der Waals surface area contributed by atoms with Crippen LogP contribution in [0.1, 0.15) is 37.9 Å². The molecule has 0 aliphatic heterocycles. The molecule has 0 aromatic carbocycles. The van der Waals surface area contributed by atoms with Crippen LogP contribution in [0.3, 0.4) is 0 Å². The van der Waals surface area contributed by atoms with Crippen LogP contribution in [0.4, 0.5) is 0 Å². The first kappa shape index (κ1) is 12.8. The summed E-state index contributed by atoms with van der Waals surface area (Å²) in [6, 6.07) is 1.95.